The number of hydrogen-bond donors (Lipinski definition) is 0. The molecule has 0 aliphatic rings. The van der Waals surface area contributed by atoms with Crippen LogP contribution >= 0.6 is 11.3 Å². The lowest BCUT2D eigenvalue weighted by Gasteiger charge is -2.25. The summed E-state index contributed by atoms with van der Waals surface area (Å²) < 4.78 is 2.59. The highest BCUT2D eigenvalue weighted by Crippen LogP contribution is 2.44. The van der Waals surface area contributed by atoms with E-state index >= 15 is 0 Å². The van der Waals surface area contributed by atoms with Crippen molar-refractivity contribution in [2.75, 3.05) is 4.90 Å². The minimum absolute atomic E-state index is 1.13. The molecular formula is C46H31NS. The van der Waals surface area contributed by atoms with Gasteiger partial charge >= 0.3 is 0 Å². The molecule has 0 aliphatic carbocycles. The molecule has 2 heteroatoms. The predicted molar refractivity (Wildman–Crippen MR) is 208 cm³/mol. The van der Waals surface area contributed by atoms with Crippen molar-refractivity contribution in [3.8, 4) is 33.4 Å². The fourth-order valence-electron chi connectivity index (χ4n) is 6.86. The quantitative estimate of drug-likeness (QED) is 0.177. The van der Waals surface area contributed by atoms with Crippen LogP contribution in [0.2, 0.25) is 0 Å². The van der Waals surface area contributed by atoms with Gasteiger partial charge in [0.25, 0.3) is 0 Å². The van der Waals surface area contributed by atoms with Crippen molar-refractivity contribution in [3.63, 3.8) is 0 Å². The Hall–Kier alpha value is -5.96. The van der Waals surface area contributed by atoms with Crippen LogP contribution in [0.15, 0.2) is 188 Å². The normalized spacial score (nSPS) is 11.3. The molecule has 0 unspecified atom stereocenters. The van der Waals surface area contributed by atoms with E-state index in [-0.39, 0.29) is 0 Å². The van der Waals surface area contributed by atoms with Gasteiger partial charge in [-0.05, 0) is 92.7 Å². The molecule has 48 heavy (non-hydrogen) atoms. The van der Waals surface area contributed by atoms with Gasteiger partial charge in [-0.1, -0.05) is 140 Å². The first-order chi connectivity index (χ1) is 23.8. The third-order valence-corrected chi connectivity index (χ3v) is 10.4. The molecule has 8 aromatic carbocycles. The highest BCUT2D eigenvalue weighted by atomic mass is 32.1. The third kappa shape index (κ3) is 5.13. The minimum atomic E-state index is 1.13. The van der Waals surface area contributed by atoms with E-state index in [2.05, 4.69) is 193 Å². The number of benzene rings is 8. The van der Waals surface area contributed by atoms with E-state index in [4.69, 9.17) is 0 Å². The smallest absolute Gasteiger partial charge is 0.0476 e. The van der Waals surface area contributed by atoms with Crippen LogP contribution in [0.5, 0.6) is 0 Å². The average molecular weight is 630 g/mol. The zero-order chi connectivity index (χ0) is 31.9. The summed E-state index contributed by atoms with van der Waals surface area (Å²) >= 11 is 1.87. The second-order valence-corrected chi connectivity index (χ2v) is 13.3. The van der Waals surface area contributed by atoms with Crippen LogP contribution in [0.25, 0.3) is 64.3 Å². The highest BCUT2D eigenvalue weighted by molar-refractivity contribution is 7.26. The second kappa shape index (κ2) is 12.0. The van der Waals surface area contributed by atoms with Crippen LogP contribution in [-0.4, -0.2) is 0 Å². The number of thiophene rings is 1. The van der Waals surface area contributed by atoms with Crippen molar-refractivity contribution in [3.05, 3.63) is 188 Å². The van der Waals surface area contributed by atoms with Gasteiger partial charge < -0.3 is 4.90 Å². The van der Waals surface area contributed by atoms with Gasteiger partial charge in [0, 0.05) is 37.2 Å². The molecule has 0 N–H and O–H groups in total. The molecule has 1 nitrogen and oxygen atoms in total. The number of nitrogens with zero attached hydrogens (tertiary/aromatic N) is 1. The molecule has 226 valence electrons. The second-order valence-electron chi connectivity index (χ2n) is 12.2. The molecule has 0 atom stereocenters. The number of anilines is 3. The Morgan fingerprint density at radius 3 is 1.71 bits per heavy atom. The van der Waals surface area contributed by atoms with Crippen molar-refractivity contribution in [2.24, 2.45) is 0 Å². The van der Waals surface area contributed by atoms with Gasteiger partial charge in [-0.25, -0.2) is 0 Å². The van der Waals surface area contributed by atoms with Crippen molar-refractivity contribution in [1.29, 1.82) is 0 Å². The molecule has 1 heterocycles. The van der Waals surface area contributed by atoms with Crippen molar-refractivity contribution in [2.45, 2.75) is 0 Å². The number of fused-ring (bicyclic) bond motifs is 4. The molecule has 0 amide bonds. The minimum Gasteiger partial charge on any atom is -0.310 e. The summed E-state index contributed by atoms with van der Waals surface area (Å²) in [6.45, 7) is 0. The number of rotatable bonds is 6. The van der Waals surface area contributed by atoms with Gasteiger partial charge in [0.15, 0.2) is 0 Å². The third-order valence-electron chi connectivity index (χ3n) is 9.26. The molecule has 1 aromatic heterocycles. The summed E-state index contributed by atoms with van der Waals surface area (Å²) in [5, 5.41) is 5.13. The van der Waals surface area contributed by atoms with Gasteiger partial charge in [0.2, 0.25) is 0 Å². The number of para-hydroxylation sites is 1. The Bertz CT molecular complexity index is 2530. The molecule has 0 fully saturated rings. The Morgan fingerprint density at radius 1 is 0.333 bits per heavy atom. The van der Waals surface area contributed by atoms with Crippen molar-refractivity contribution >= 4 is 59.3 Å². The molecule has 9 aromatic rings. The lowest BCUT2D eigenvalue weighted by Crippen LogP contribution is -2.09. The number of hydrogen-bond acceptors (Lipinski definition) is 2. The van der Waals surface area contributed by atoms with E-state index < -0.39 is 0 Å². The average Bonchev–Trinajstić information content (AvgIpc) is 3.54. The molecule has 0 saturated carbocycles. The maximum atomic E-state index is 2.36. The summed E-state index contributed by atoms with van der Waals surface area (Å²) in [4.78, 5) is 2.36. The van der Waals surface area contributed by atoms with Gasteiger partial charge in [0.1, 0.15) is 0 Å². The summed E-state index contributed by atoms with van der Waals surface area (Å²) in [6, 6.07) is 68.1. The Labute approximate surface area is 284 Å². The lowest BCUT2D eigenvalue weighted by molar-refractivity contribution is 1.29. The van der Waals surface area contributed by atoms with Gasteiger partial charge in [-0.15, -0.1) is 11.3 Å². The fourth-order valence-corrected chi connectivity index (χ4v) is 8.03. The van der Waals surface area contributed by atoms with E-state index in [9.17, 15) is 0 Å². The van der Waals surface area contributed by atoms with Gasteiger partial charge in [0.05, 0.1) is 0 Å². The summed E-state index contributed by atoms with van der Waals surface area (Å²) in [5.41, 5.74) is 10.8. The maximum Gasteiger partial charge on any atom is 0.0476 e. The van der Waals surface area contributed by atoms with E-state index in [1.807, 2.05) is 11.3 Å². The summed E-state index contributed by atoms with van der Waals surface area (Å²) in [6.07, 6.45) is 0. The molecule has 0 radical (unpaired) electrons. The lowest BCUT2D eigenvalue weighted by atomic mass is 9.97. The summed E-state index contributed by atoms with van der Waals surface area (Å²) in [7, 11) is 0. The molecule has 0 bridgehead atoms. The standard InChI is InChI=1S/C46H31NS/c1-3-10-32(11-4-1)34-18-21-36(22-19-34)42-16-9-17-44-46(42)43-29-28-41(31-45(43)48-44)47(39-14-5-2-6-15-39)40-26-24-35(25-27-40)38-23-20-33-12-7-8-13-37(33)30-38/h1-31H. The van der Waals surface area contributed by atoms with Gasteiger partial charge in [-0.2, -0.15) is 0 Å². The highest BCUT2D eigenvalue weighted by Gasteiger charge is 2.16. The molecular weight excluding hydrogens is 599 g/mol. The largest absolute Gasteiger partial charge is 0.310 e. The SMILES string of the molecule is c1ccc(-c2ccc(-c3cccc4sc5cc(N(c6ccccc6)c6ccc(-c7ccc8ccccc8c7)cc6)ccc5c34)cc2)cc1. The first-order valence-electron chi connectivity index (χ1n) is 16.3. The zero-order valence-electron chi connectivity index (χ0n) is 26.3. The first kappa shape index (κ1) is 28.3. The topological polar surface area (TPSA) is 3.24 Å². The van der Waals surface area contributed by atoms with Crippen LogP contribution in [0.4, 0.5) is 17.1 Å². The van der Waals surface area contributed by atoms with Crippen molar-refractivity contribution < 1.29 is 0 Å². The van der Waals surface area contributed by atoms with E-state index in [0.717, 1.165) is 17.1 Å². The van der Waals surface area contributed by atoms with Crippen LogP contribution < -0.4 is 4.90 Å². The maximum absolute atomic E-state index is 2.36. The van der Waals surface area contributed by atoms with E-state index in [1.165, 1.54) is 64.3 Å². The van der Waals surface area contributed by atoms with Gasteiger partial charge in [-0.3, -0.25) is 0 Å². The molecule has 0 saturated heterocycles. The zero-order valence-corrected chi connectivity index (χ0v) is 27.1. The predicted octanol–water partition coefficient (Wildman–Crippen LogP) is 13.7. The monoisotopic (exact) mass is 629 g/mol. The van der Waals surface area contributed by atoms with E-state index in [0.29, 0.717) is 0 Å². The first-order valence-corrected chi connectivity index (χ1v) is 17.2. The van der Waals surface area contributed by atoms with Crippen molar-refractivity contribution in [1.82, 2.24) is 0 Å². The summed E-state index contributed by atoms with van der Waals surface area (Å²) in [5.74, 6) is 0. The molecule has 0 aliphatic heterocycles. The van der Waals surface area contributed by atoms with Crippen LogP contribution in [0.1, 0.15) is 0 Å². The van der Waals surface area contributed by atoms with E-state index in [1.54, 1.807) is 0 Å². The molecule has 0 spiro atoms. The fraction of sp³-hybridized carbons (Fsp3) is 0. The Balaban J connectivity index is 1.10. The molecule has 9 rings (SSSR count). The van der Waals surface area contributed by atoms with Crippen LogP contribution in [0, 0.1) is 0 Å². The van der Waals surface area contributed by atoms with Crippen LogP contribution in [0.3, 0.4) is 0 Å². The Morgan fingerprint density at radius 2 is 0.917 bits per heavy atom. The van der Waals surface area contributed by atoms with Crippen LogP contribution in [-0.2, 0) is 0 Å². The Kier molecular flexibility index (Phi) is 7.07.